The molecule has 0 saturated heterocycles. The van der Waals surface area contributed by atoms with E-state index in [2.05, 4.69) is 33.8 Å². The van der Waals surface area contributed by atoms with Gasteiger partial charge < -0.3 is 20.1 Å². The van der Waals surface area contributed by atoms with Gasteiger partial charge in [-0.05, 0) is 61.9 Å². The molecule has 0 aliphatic carbocycles. The van der Waals surface area contributed by atoms with Crippen LogP contribution < -0.4 is 11.3 Å². The van der Waals surface area contributed by atoms with Crippen LogP contribution in [-0.4, -0.2) is 20.6 Å². The number of nitrogen functional groups attached to an aromatic ring is 1. The van der Waals surface area contributed by atoms with Gasteiger partial charge in [-0.15, -0.1) is 0 Å². The molecule has 0 radical (unpaired) electrons. The summed E-state index contributed by atoms with van der Waals surface area (Å²) < 4.78 is 6.78. The van der Waals surface area contributed by atoms with Crippen LogP contribution >= 0.6 is 0 Å². The summed E-state index contributed by atoms with van der Waals surface area (Å²) in [6.07, 6.45) is 0.843. The zero-order valence-corrected chi connectivity index (χ0v) is 19.0. The number of fused-ring (bicyclic) bond motifs is 5. The predicted octanol–water partition coefficient (Wildman–Crippen LogP) is 3.15. The fraction of sp³-hybridized carbons (Fsp3) is 0.400. The Morgan fingerprint density at radius 3 is 2.56 bits per heavy atom. The van der Waals surface area contributed by atoms with E-state index in [0.29, 0.717) is 17.9 Å². The van der Waals surface area contributed by atoms with Crippen LogP contribution in [0.25, 0.3) is 22.3 Å². The first-order valence-corrected chi connectivity index (χ1v) is 11.0. The number of cyclic esters (lactones) is 1. The molecule has 5 rings (SSSR count). The zero-order valence-electron chi connectivity index (χ0n) is 19.0. The molecule has 32 heavy (non-hydrogen) atoms. The molecule has 0 spiro atoms. The summed E-state index contributed by atoms with van der Waals surface area (Å²) >= 11 is 0. The van der Waals surface area contributed by atoms with Crippen molar-refractivity contribution < 1.29 is 14.6 Å². The highest BCUT2D eigenvalue weighted by Gasteiger charge is 2.47. The van der Waals surface area contributed by atoms with Crippen molar-refractivity contribution in [2.45, 2.75) is 66.2 Å². The Kier molecular flexibility index (Phi) is 4.30. The van der Waals surface area contributed by atoms with E-state index in [9.17, 15) is 14.7 Å². The van der Waals surface area contributed by atoms with Crippen molar-refractivity contribution in [3.05, 3.63) is 55.4 Å². The van der Waals surface area contributed by atoms with Crippen LogP contribution in [0.5, 0.6) is 0 Å². The number of pyridine rings is 2. The molecule has 4 heterocycles. The number of aryl methyl sites for hydroxylation is 3. The Bertz CT molecular complexity index is 1420. The first kappa shape index (κ1) is 20.7. The summed E-state index contributed by atoms with van der Waals surface area (Å²) in [6.45, 7) is 10.2. The summed E-state index contributed by atoms with van der Waals surface area (Å²) in [4.78, 5) is 30.9. The molecule has 3 aromatic rings. The maximum atomic E-state index is 13.5. The van der Waals surface area contributed by atoms with Gasteiger partial charge in [-0.25, -0.2) is 9.78 Å². The molecule has 1 atom stereocenters. The quantitative estimate of drug-likeness (QED) is 0.470. The molecule has 2 aliphatic heterocycles. The van der Waals surface area contributed by atoms with Crippen LogP contribution in [0.3, 0.4) is 0 Å². The minimum Gasteiger partial charge on any atom is -0.458 e. The van der Waals surface area contributed by atoms with Crippen molar-refractivity contribution >= 4 is 22.6 Å². The summed E-state index contributed by atoms with van der Waals surface area (Å²) in [7, 11) is 0. The molecule has 0 amide bonds. The van der Waals surface area contributed by atoms with Crippen LogP contribution in [0.1, 0.15) is 59.2 Å². The maximum Gasteiger partial charge on any atom is 0.343 e. The molecule has 0 bridgehead atoms. The SMILES string of the molecule is CCc1c2c(nc3cc(C)c(C)c(C)c13)-c1c(N)c3c(c(=O)n1C2)COC(=O)C3(O)CC. The van der Waals surface area contributed by atoms with Gasteiger partial charge in [0.15, 0.2) is 5.60 Å². The van der Waals surface area contributed by atoms with Crippen LogP contribution in [0, 0.1) is 20.8 Å². The van der Waals surface area contributed by atoms with Gasteiger partial charge >= 0.3 is 5.97 Å². The number of carbonyl (C=O) groups is 1. The van der Waals surface area contributed by atoms with Gasteiger partial charge in [0, 0.05) is 16.5 Å². The van der Waals surface area contributed by atoms with Crippen molar-refractivity contribution in [2.75, 3.05) is 5.73 Å². The lowest BCUT2D eigenvalue weighted by atomic mass is 9.84. The van der Waals surface area contributed by atoms with E-state index >= 15 is 0 Å². The molecule has 2 aromatic heterocycles. The number of aromatic nitrogens is 2. The number of nitrogens with zero attached hydrogens (tertiary/aromatic N) is 2. The lowest BCUT2D eigenvalue weighted by Crippen LogP contribution is -2.45. The molecule has 0 saturated carbocycles. The minimum atomic E-state index is -1.94. The van der Waals surface area contributed by atoms with Crippen LogP contribution in [0.2, 0.25) is 0 Å². The number of carbonyl (C=O) groups excluding carboxylic acids is 1. The Hall–Kier alpha value is -3.19. The number of aliphatic hydroxyl groups is 1. The molecule has 7 nitrogen and oxygen atoms in total. The van der Waals surface area contributed by atoms with E-state index in [1.54, 1.807) is 11.5 Å². The largest absolute Gasteiger partial charge is 0.458 e. The Labute approximate surface area is 185 Å². The minimum absolute atomic E-state index is 0.0574. The Balaban J connectivity index is 1.91. The second-order valence-corrected chi connectivity index (χ2v) is 8.91. The number of esters is 1. The van der Waals surface area contributed by atoms with Gasteiger partial charge in [0.05, 0.1) is 34.7 Å². The van der Waals surface area contributed by atoms with Crippen LogP contribution in [0.15, 0.2) is 10.9 Å². The topological polar surface area (TPSA) is 107 Å². The molecule has 7 heteroatoms. The van der Waals surface area contributed by atoms with Gasteiger partial charge in [-0.1, -0.05) is 13.8 Å². The lowest BCUT2D eigenvalue weighted by Gasteiger charge is -2.33. The molecule has 0 fully saturated rings. The summed E-state index contributed by atoms with van der Waals surface area (Å²) in [5.74, 6) is -0.774. The number of nitrogens with two attached hydrogens (primary N) is 1. The summed E-state index contributed by atoms with van der Waals surface area (Å²) in [5, 5.41) is 12.3. The third kappa shape index (κ3) is 2.37. The predicted molar refractivity (Wildman–Crippen MR) is 123 cm³/mol. The van der Waals surface area contributed by atoms with Crippen LogP contribution in [0.4, 0.5) is 5.69 Å². The molecule has 2 aliphatic rings. The third-order valence-corrected chi connectivity index (χ3v) is 7.43. The van der Waals surface area contributed by atoms with Gasteiger partial charge in [0.25, 0.3) is 5.56 Å². The van der Waals surface area contributed by atoms with Crippen molar-refractivity contribution in [3.63, 3.8) is 0 Å². The summed E-state index contributed by atoms with van der Waals surface area (Å²) in [5.41, 5.74) is 12.7. The van der Waals surface area contributed by atoms with Crippen molar-refractivity contribution in [1.82, 2.24) is 9.55 Å². The average Bonchev–Trinajstić information content (AvgIpc) is 3.16. The van der Waals surface area contributed by atoms with E-state index in [1.165, 1.54) is 11.1 Å². The molecule has 1 aromatic carbocycles. The van der Waals surface area contributed by atoms with Crippen molar-refractivity contribution in [1.29, 1.82) is 0 Å². The van der Waals surface area contributed by atoms with E-state index in [1.807, 2.05) is 0 Å². The second-order valence-electron chi connectivity index (χ2n) is 8.91. The van der Waals surface area contributed by atoms with Crippen molar-refractivity contribution in [2.24, 2.45) is 0 Å². The first-order valence-electron chi connectivity index (χ1n) is 11.0. The molecule has 3 N–H and O–H groups in total. The smallest absolute Gasteiger partial charge is 0.343 e. The molecule has 166 valence electrons. The standard InChI is InChI=1S/C25H27N3O4/c1-6-14-15-9-28-22(21(15)27-17-8-11(3)12(4)13(5)18(14)17)20(26)19-16(23(28)29)10-32-24(30)25(19,31)7-2/h8,31H,6-7,9-10,26H2,1-5H3. The number of benzene rings is 1. The maximum absolute atomic E-state index is 13.5. The number of anilines is 1. The van der Waals surface area contributed by atoms with Gasteiger partial charge in [0.2, 0.25) is 0 Å². The number of ether oxygens (including phenoxy) is 1. The van der Waals surface area contributed by atoms with Crippen molar-refractivity contribution in [3.8, 4) is 11.4 Å². The zero-order chi connectivity index (χ0) is 23.1. The van der Waals surface area contributed by atoms with E-state index in [0.717, 1.165) is 34.0 Å². The molecular weight excluding hydrogens is 406 g/mol. The van der Waals surface area contributed by atoms with Crippen LogP contribution in [-0.2, 0) is 34.7 Å². The van der Waals surface area contributed by atoms with E-state index in [4.69, 9.17) is 15.5 Å². The fourth-order valence-electron chi connectivity index (χ4n) is 5.42. The highest BCUT2D eigenvalue weighted by molar-refractivity contribution is 5.95. The fourth-order valence-corrected chi connectivity index (χ4v) is 5.42. The monoisotopic (exact) mass is 433 g/mol. The molecular formula is C25H27N3O4. The normalized spacial score (nSPS) is 19.0. The summed E-state index contributed by atoms with van der Waals surface area (Å²) in [6, 6.07) is 2.08. The van der Waals surface area contributed by atoms with Gasteiger partial charge in [0.1, 0.15) is 6.61 Å². The Morgan fingerprint density at radius 2 is 1.91 bits per heavy atom. The first-order chi connectivity index (χ1) is 15.2. The van der Waals surface area contributed by atoms with E-state index < -0.39 is 11.6 Å². The van der Waals surface area contributed by atoms with E-state index in [-0.39, 0.29) is 35.4 Å². The van der Waals surface area contributed by atoms with Gasteiger partial charge in [-0.2, -0.15) is 0 Å². The second kappa shape index (κ2) is 6.65. The Morgan fingerprint density at radius 1 is 1.19 bits per heavy atom. The number of rotatable bonds is 2. The third-order valence-electron chi connectivity index (χ3n) is 7.43. The highest BCUT2D eigenvalue weighted by atomic mass is 16.6. The average molecular weight is 434 g/mol. The number of hydrogen-bond donors (Lipinski definition) is 2. The highest BCUT2D eigenvalue weighted by Crippen LogP contribution is 2.45. The van der Waals surface area contributed by atoms with Gasteiger partial charge in [-0.3, -0.25) is 4.79 Å². The number of hydrogen-bond acceptors (Lipinski definition) is 6. The molecule has 1 unspecified atom stereocenters. The lowest BCUT2D eigenvalue weighted by molar-refractivity contribution is -0.172.